The van der Waals surface area contributed by atoms with Crippen LogP contribution < -0.4 is 0 Å². The first-order valence-electron chi connectivity index (χ1n) is 4.37. The second-order valence-electron chi connectivity index (χ2n) is 3.23. The van der Waals surface area contributed by atoms with Gasteiger partial charge >= 0.3 is 0 Å². The van der Waals surface area contributed by atoms with Gasteiger partial charge in [-0.2, -0.15) is 8.42 Å². The normalized spacial score (nSPS) is 10.6. The Hall–Kier alpha value is -1.24. The van der Waals surface area contributed by atoms with E-state index < -0.39 is 16.7 Å². The van der Waals surface area contributed by atoms with Crippen molar-refractivity contribution in [3.63, 3.8) is 0 Å². The first-order chi connectivity index (χ1) is 6.92. The molecule has 6 heteroatoms. The lowest BCUT2D eigenvalue weighted by molar-refractivity contribution is -0.118. The minimum absolute atomic E-state index is 0. The molecule has 0 saturated heterocycles. The summed E-state index contributed by atoms with van der Waals surface area (Å²) in [5.74, 6) is -0.328. The van der Waals surface area contributed by atoms with Crippen LogP contribution in [0.4, 0.5) is 0 Å². The smallest absolute Gasteiger partial charge is 0.297 e. The lowest BCUT2D eigenvalue weighted by atomic mass is 10.2. The van der Waals surface area contributed by atoms with E-state index >= 15 is 0 Å². The molecule has 0 spiro atoms. The fourth-order valence-corrected chi connectivity index (χ4v) is 1.86. The maximum absolute atomic E-state index is 11.5. The van der Waals surface area contributed by atoms with E-state index in [2.05, 4.69) is 4.18 Å². The van der Waals surface area contributed by atoms with Crippen molar-refractivity contribution in [1.82, 2.24) is 0 Å². The summed E-state index contributed by atoms with van der Waals surface area (Å²) in [5, 5.41) is 0. The van der Waals surface area contributed by atoms with E-state index in [4.69, 9.17) is 0 Å². The van der Waals surface area contributed by atoms with Crippen molar-refractivity contribution in [3.8, 4) is 0 Å². The zero-order valence-electron chi connectivity index (χ0n) is 9.06. The van der Waals surface area contributed by atoms with Gasteiger partial charge in [0.1, 0.15) is 6.61 Å². The Kier molecular flexibility index (Phi) is 5.29. The van der Waals surface area contributed by atoms with Gasteiger partial charge in [-0.25, -0.2) is 0 Å². The number of aryl methyl sites for hydroxylation is 1. The summed E-state index contributed by atoms with van der Waals surface area (Å²) in [7, 11) is -3.79. The number of carbonyl (C=O) groups is 1. The van der Waals surface area contributed by atoms with Crippen molar-refractivity contribution < 1.29 is 22.9 Å². The van der Waals surface area contributed by atoms with E-state index in [0.29, 0.717) is 0 Å². The Bertz CT molecular complexity index is 447. The van der Waals surface area contributed by atoms with Gasteiger partial charge in [0.25, 0.3) is 10.1 Å². The van der Waals surface area contributed by atoms with E-state index in [-0.39, 0.29) is 16.2 Å². The van der Waals surface area contributed by atoms with Gasteiger partial charge in [0.15, 0.2) is 5.78 Å². The van der Waals surface area contributed by atoms with Crippen LogP contribution in [-0.4, -0.2) is 26.3 Å². The molecule has 16 heavy (non-hydrogen) atoms. The molecule has 0 aliphatic carbocycles. The molecule has 0 atom stereocenters. The Balaban J connectivity index is 0.00000225. The zero-order valence-corrected chi connectivity index (χ0v) is 9.87. The molecule has 0 bridgehead atoms. The number of hydrogen-bond acceptors (Lipinski definition) is 4. The highest BCUT2D eigenvalue weighted by Crippen LogP contribution is 2.12. The Morgan fingerprint density at radius 3 is 2.19 bits per heavy atom. The third kappa shape index (κ3) is 4.09. The van der Waals surface area contributed by atoms with Gasteiger partial charge < -0.3 is 5.48 Å². The van der Waals surface area contributed by atoms with E-state index in [0.717, 1.165) is 5.56 Å². The molecule has 1 rings (SSSR count). The third-order valence-electron chi connectivity index (χ3n) is 1.73. The first kappa shape index (κ1) is 14.8. The summed E-state index contributed by atoms with van der Waals surface area (Å²) in [6.07, 6.45) is 0. The van der Waals surface area contributed by atoms with Gasteiger partial charge in [0.05, 0.1) is 4.90 Å². The van der Waals surface area contributed by atoms with Gasteiger partial charge in [-0.1, -0.05) is 17.7 Å². The van der Waals surface area contributed by atoms with Crippen molar-refractivity contribution in [2.45, 2.75) is 18.7 Å². The van der Waals surface area contributed by atoms with Crippen LogP contribution in [-0.2, 0) is 19.1 Å². The number of hydrogen-bond donors (Lipinski definition) is 0. The highest BCUT2D eigenvalue weighted by atomic mass is 32.2. The largest absolute Gasteiger partial charge is 0.412 e. The molecular weight excluding hydrogens is 232 g/mol. The van der Waals surface area contributed by atoms with E-state index in [1.165, 1.54) is 19.1 Å². The second-order valence-corrected chi connectivity index (χ2v) is 4.85. The predicted molar refractivity (Wildman–Crippen MR) is 58.6 cm³/mol. The molecule has 0 aliphatic heterocycles. The summed E-state index contributed by atoms with van der Waals surface area (Å²) < 4.78 is 27.5. The number of carbonyl (C=O) groups excluding carboxylic acids is 1. The van der Waals surface area contributed by atoms with Crippen LogP contribution in [0.15, 0.2) is 29.2 Å². The minimum Gasteiger partial charge on any atom is -0.412 e. The fourth-order valence-electron chi connectivity index (χ4n) is 0.934. The molecule has 0 unspecified atom stereocenters. The molecule has 5 nitrogen and oxygen atoms in total. The van der Waals surface area contributed by atoms with Crippen molar-refractivity contribution in [2.75, 3.05) is 6.61 Å². The van der Waals surface area contributed by atoms with Gasteiger partial charge in [-0.3, -0.25) is 8.98 Å². The predicted octanol–water partition coefficient (Wildman–Crippen LogP) is 0.465. The van der Waals surface area contributed by atoms with Crippen molar-refractivity contribution in [1.29, 1.82) is 0 Å². The second kappa shape index (κ2) is 5.74. The van der Waals surface area contributed by atoms with Gasteiger partial charge in [0, 0.05) is 0 Å². The Morgan fingerprint density at radius 1 is 1.25 bits per heavy atom. The number of rotatable bonds is 4. The van der Waals surface area contributed by atoms with Gasteiger partial charge in [-0.05, 0) is 26.0 Å². The first-order valence-corrected chi connectivity index (χ1v) is 5.78. The lowest BCUT2D eigenvalue weighted by Crippen LogP contribution is -2.12. The Morgan fingerprint density at radius 2 is 1.75 bits per heavy atom. The van der Waals surface area contributed by atoms with E-state index in [1.807, 2.05) is 6.92 Å². The molecule has 2 N–H and O–H groups in total. The van der Waals surface area contributed by atoms with Crippen LogP contribution in [0.25, 0.3) is 0 Å². The van der Waals surface area contributed by atoms with Crippen LogP contribution in [0.3, 0.4) is 0 Å². The summed E-state index contributed by atoms with van der Waals surface area (Å²) in [6.45, 7) is 2.70. The van der Waals surface area contributed by atoms with Gasteiger partial charge in [0.2, 0.25) is 0 Å². The Labute approximate surface area is 94.5 Å². The molecule has 0 heterocycles. The van der Waals surface area contributed by atoms with Crippen LogP contribution in [0.5, 0.6) is 0 Å². The quantitative estimate of drug-likeness (QED) is 0.722. The molecular formula is C10H14O5S. The molecule has 0 aliphatic rings. The van der Waals surface area contributed by atoms with E-state index in [1.54, 1.807) is 12.1 Å². The molecule has 0 radical (unpaired) electrons. The monoisotopic (exact) mass is 246 g/mol. The van der Waals surface area contributed by atoms with Crippen LogP contribution in [0.1, 0.15) is 12.5 Å². The molecule has 0 saturated carbocycles. The highest BCUT2D eigenvalue weighted by molar-refractivity contribution is 7.86. The van der Waals surface area contributed by atoms with Gasteiger partial charge in [-0.15, -0.1) is 0 Å². The van der Waals surface area contributed by atoms with Crippen molar-refractivity contribution in [3.05, 3.63) is 29.8 Å². The molecule has 1 aromatic carbocycles. The maximum Gasteiger partial charge on any atom is 0.297 e. The summed E-state index contributed by atoms with van der Waals surface area (Å²) in [4.78, 5) is 10.7. The van der Waals surface area contributed by atoms with Crippen LogP contribution in [0.2, 0.25) is 0 Å². The number of benzene rings is 1. The summed E-state index contributed by atoms with van der Waals surface area (Å²) in [5.41, 5.74) is 0.959. The number of ketones is 1. The van der Waals surface area contributed by atoms with Crippen molar-refractivity contribution in [2.24, 2.45) is 0 Å². The average molecular weight is 246 g/mol. The van der Waals surface area contributed by atoms with Crippen LogP contribution >= 0.6 is 0 Å². The minimum atomic E-state index is -3.79. The molecule has 0 fully saturated rings. The molecule has 0 aromatic heterocycles. The lowest BCUT2D eigenvalue weighted by Gasteiger charge is -2.03. The fraction of sp³-hybridized carbons (Fsp3) is 0.300. The summed E-state index contributed by atoms with van der Waals surface area (Å²) >= 11 is 0. The molecule has 1 aromatic rings. The SMILES string of the molecule is CC(=O)COS(=O)(=O)c1ccc(C)cc1.O. The standard InChI is InChI=1S/C10H12O4S.H2O/c1-8-3-5-10(6-4-8)15(12,13)14-7-9(2)11;/h3-6H,7H2,1-2H3;1H2. The topological polar surface area (TPSA) is 91.9 Å². The van der Waals surface area contributed by atoms with Crippen LogP contribution in [0, 0.1) is 6.92 Å². The maximum atomic E-state index is 11.5. The highest BCUT2D eigenvalue weighted by Gasteiger charge is 2.15. The summed E-state index contributed by atoms with van der Waals surface area (Å²) in [6, 6.07) is 6.24. The molecule has 0 amide bonds. The average Bonchev–Trinajstić information content (AvgIpc) is 2.16. The zero-order chi connectivity index (χ0) is 11.5. The third-order valence-corrected chi connectivity index (χ3v) is 3.00. The van der Waals surface area contributed by atoms with Crippen molar-refractivity contribution >= 4 is 15.9 Å². The van der Waals surface area contributed by atoms with E-state index in [9.17, 15) is 13.2 Å². The molecule has 90 valence electrons. The number of Topliss-reactive ketones (excluding diaryl/α,β-unsaturated/α-hetero) is 1.